The topological polar surface area (TPSA) is 0 Å². The van der Waals surface area contributed by atoms with Gasteiger partial charge in [-0.15, -0.1) is 68.6 Å². The van der Waals surface area contributed by atoms with Crippen LogP contribution in [-0.2, 0) is 43.5 Å². The van der Waals surface area contributed by atoms with E-state index in [1.54, 1.807) is 0 Å². The van der Waals surface area contributed by atoms with E-state index < -0.39 is 0 Å². The Kier molecular flexibility index (Phi) is 17.3. The summed E-state index contributed by atoms with van der Waals surface area (Å²) in [4.78, 5) is 0. The molecule has 0 amide bonds. The Morgan fingerprint density at radius 3 is 1.56 bits per heavy atom. The molecule has 6 rings (SSSR count). The van der Waals surface area contributed by atoms with Crippen molar-refractivity contribution in [1.82, 2.24) is 0 Å². The zero-order valence-electron chi connectivity index (χ0n) is 33.6. The third kappa shape index (κ3) is 10.9. The zero-order valence-corrected chi connectivity index (χ0v) is 37.1. The predicted molar refractivity (Wildman–Crippen MR) is 226 cm³/mol. The molecular weight excluding hydrogens is 696 g/mol. The van der Waals surface area contributed by atoms with Gasteiger partial charge in [0.15, 0.2) is 0 Å². The van der Waals surface area contributed by atoms with Crippen molar-refractivity contribution in [2.24, 2.45) is 0 Å². The van der Waals surface area contributed by atoms with Crippen molar-refractivity contribution in [2.45, 2.75) is 106 Å². The molecule has 0 nitrogen and oxygen atoms in total. The first-order valence-corrected chi connectivity index (χ1v) is 19.4. The first kappa shape index (κ1) is 45.2. The van der Waals surface area contributed by atoms with Crippen LogP contribution < -0.4 is 0 Å². The average Bonchev–Trinajstić information content (AvgIpc) is 3.67. The van der Waals surface area contributed by atoms with Crippen molar-refractivity contribution >= 4 is 31.1 Å². The molecule has 0 heterocycles. The fraction of sp³-hybridized carbons (Fsp3) is 0.333. The van der Waals surface area contributed by atoms with Gasteiger partial charge in [-0.3, -0.25) is 0 Å². The number of benzene rings is 4. The molecule has 6 aromatic carbocycles. The van der Waals surface area contributed by atoms with E-state index in [-0.39, 0.29) is 51.9 Å². The van der Waals surface area contributed by atoms with Crippen molar-refractivity contribution in [3.8, 4) is 22.3 Å². The van der Waals surface area contributed by atoms with E-state index in [2.05, 4.69) is 185 Å². The summed E-state index contributed by atoms with van der Waals surface area (Å²) in [5, 5.41) is 5.51. The Balaban J connectivity index is 0.000000439. The maximum Gasteiger partial charge on any atom is 4.00 e. The summed E-state index contributed by atoms with van der Waals surface area (Å²) in [6.07, 6.45) is 1.09. The Morgan fingerprint density at radius 1 is 0.640 bits per heavy atom. The van der Waals surface area contributed by atoms with E-state index in [9.17, 15) is 0 Å². The van der Waals surface area contributed by atoms with Crippen LogP contribution in [0.2, 0.25) is 13.1 Å². The van der Waals surface area contributed by atoms with Gasteiger partial charge < -0.3 is 14.9 Å². The fourth-order valence-corrected chi connectivity index (χ4v) is 6.10. The zero-order chi connectivity index (χ0) is 34.5. The smallest absolute Gasteiger partial charge is 0.358 e. The average molecular weight is 758 g/mol. The molecule has 0 aliphatic rings. The van der Waals surface area contributed by atoms with Crippen LogP contribution in [0.15, 0.2) is 103 Å². The Bertz CT molecular complexity index is 1880. The van der Waals surface area contributed by atoms with Crippen LogP contribution in [0.4, 0.5) is 0 Å². The van der Waals surface area contributed by atoms with Gasteiger partial charge in [-0.2, -0.15) is 12.1 Å². The molecular formula is C48H62SiZr. The van der Waals surface area contributed by atoms with Crippen LogP contribution >= 0.6 is 0 Å². The van der Waals surface area contributed by atoms with Gasteiger partial charge in [0.05, 0.1) is 0 Å². The molecule has 0 aliphatic heterocycles. The van der Waals surface area contributed by atoms with Gasteiger partial charge in [-0.1, -0.05) is 154 Å². The van der Waals surface area contributed by atoms with E-state index in [0.717, 1.165) is 15.9 Å². The largest absolute Gasteiger partial charge is 4.00 e. The third-order valence-electron chi connectivity index (χ3n) is 9.14. The van der Waals surface area contributed by atoms with E-state index >= 15 is 0 Å². The van der Waals surface area contributed by atoms with Crippen LogP contribution in [0, 0.1) is 21.8 Å². The summed E-state index contributed by atoms with van der Waals surface area (Å²) < 4.78 is 0. The normalized spacial score (nSPS) is 11.1. The summed E-state index contributed by atoms with van der Waals surface area (Å²) in [5.41, 5.74) is 12.7. The molecule has 6 aromatic rings. The molecule has 0 unspecified atom stereocenters. The number of hydrogen-bond acceptors (Lipinski definition) is 0. The number of rotatable bonds is 4. The monoisotopic (exact) mass is 756 g/mol. The minimum absolute atomic E-state index is 0. The maximum absolute atomic E-state index is 2.36. The van der Waals surface area contributed by atoms with Crippen molar-refractivity contribution in [2.75, 3.05) is 0 Å². The van der Waals surface area contributed by atoms with Crippen molar-refractivity contribution < 1.29 is 26.2 Å². The van der Waals surface area contributed by atoms with Crippen molar-refractivity contribution in [3.63, 3.8) is 0 Å². The standard InChI is InChI=1S/2C22H25.C2H6Si.2CH3.Zr/c1-15(2)18-13-17-7-6-8-20(21(17)14-18)16-9-11-19(12-10-16)22(3,4)5;1-6-16-13-20-15(2)7-12-19(21(20)14-16)17-8-10-18(11-9-17)22(3,4)5;1-3-2;;;/h6-15H,1-5H3;7-14H,6H2,1-5H3;1-2H3;2*1H3;/q2*-1;;2*-1;+4. The van der Waals surface area contributed by atoms with Crippen LogP contribution in [-0.4, -0.2) is 9.52 Å². The van der Waals surface area contributed by atoms with Gasteiger partial charge in [0, 0.05) is 9.52 Å². The van der Waals surface area contributed by atoms with Crippen molar-refractivity contribution in [3.05, 3.63) is 146 Å². The first-order chi connectivity index (χ1) is 22.2. The van der Waals surface area contributed by atoms with E-state index in [0.29, 0.717) is 5.92 Å². The summed E-state index contributed by atoms with van der Waals surface area (Å²) in [6, 6.07) is 38.6. The Labute approximate surface area is 328 Å². The van der Waals surface area contributed by atoms with E-state index in [1.165, 1.54) is 71.6 Å². The second-order valence-corrected chi connectivity index (χ2v) is 16.4. The predicted octanol–water partition coefficient (Wildman–Crippen LogP) is 14.7. The molecule has 0 spiro atoms. The molecule has 0 aromatic heterocycles. The van der Waals surface area contributed by atoms with Crippen LogP contribution in [0.1, 0.15) is 96.0 Å². The third-order valence-corrected chi connectivity index (χ3v) is 9.14. The van der Waals surface area contributed by atoms with Gasteiger partial charge >= 0.3 is 26.2 Å². The Morgan fingerprint density at radius 2 is 1.12 bits per heavy atom. The molecule has 262 valence electrons. The summed E-state index contributed by atoms with van der Waals surface area (Å²) in [7, 11) is 1.08. The number of hydrogen-bond donors (Lipinski definition) is 0. The van der Waals surface area contributed by atoms with Gasteiger partial charge in [0.25, 0.3) is 0 Å². The molecule has 2 radical (unpaired) electrons. The molecule has 0 saturated carbocycles. The molecule has 2 heteroatoms. The number of fused-ring (bicyclic) bond motifs is 2. The maximum atomic E-state index is 2.36. The molecule has 0 fully saturated rings. The fourth-order valence-electron chi connectivity index (χ4n) is 6.10. The summed E-state index contributed by atoms with van der Waals surface area (Å²) in [6.45, 7) is 26.8. The van der Waals surface area contributed by atoms with Gasteiger partial charge in [-0.25, -0.2) is 0 Å². The quantitative estimate of drug-likeness (QED) is 0.124. The molecule has 0 N–H and O–H groups in total. The van der Waals surface area contributed by atoms with Gasteiger partial charge in [0.1, 0.15) is 0 Å². The minimum atomic E-state index is 0. The van der Waals surface area contributed by atoms with E-state index in [4.69, 9.17) is 0 Å². The summed E-state index contributed by atoms with van der Waals surface area (Å²) in [5.74, 6) is 0.573. The SMILES string of the molecule is CC(C)c1cc2c(-c3ccc(C(C)(C)C)cc3)cccc2[cH-]1.CCc1cc2c(-c3ccc(C(C)(C)C)cc3)ccc(C)c2[cH-]1.C[Si]C.[CH3-].[CH3-].[Zr+4]. The first-order valence-electron chi connectivity index (χ1n) is 17.4. The second kappa shape index (κ2) is 19.2. The van der Waals surface area contributed by atoms with E-state index in [1.807, 2.05) is 0 Å². The molecule has 0 atom stereocenters. The van der Waals surface area contributed by atoms with Gasteiger partial charge in [0.2, 0.25) is 0 Å². The van der Waals surface area contributed by atoms with Crippen molar-refractivity contribution in [1.29, 1.82) is 0 Å². The minimum Gasteiger partial charge on any atom is -0.358 e. The molecule has 0 aliphatic carbocycles. The second-order valence-electron chi connectivity index (χ2n) is 15.4. The van der Waals surface area contributed by atoms with Gasteiger partial charge in [-0.05, 0) is 45.4 Å². The van der Waals surface area contributed by atoms with Crippen LogP contribution in [0.3, 0.4) is 0 Å². The summed E-state index contributed by atoms with van der Waals surface area (Å²) >= 11 is 0. The molecule has 0 saturated heterocycles. The van der Waals surface area contributed by atoms with Crippen LogP contribution in [0.5, 0.6) is 0 Å². The Hall–Kier alpha value is -2.80. The molecule has 50 heavy (non-hydrogen) atoms. The van der Waals surface area contributed by atoms with Crippen LogP contribution in [0.25, 0.3) is 43.8 Å². The molecule has 0 bridgehead atoms. The number of aryl methyl sites for hydroxylation is 2.